The molecule has 0 saturated heterocycles. The van der Waals surface area contributed by atoms with E-state index < -0.39 is 0 Å². The van der Waals surface area contributed by atoms with E-state index in [1.165, 1.54) is 23.3 Å². The van der Waals surface area contributed by atoms with Crippen LogP contribution < -0.4 is 0 Å². The number of carbonyl (C=O) groups excluding carboxylic acids is 1. The molecule has 3 heteroatoms. The molecule has 2 aliphatic carbocycles. The van der Waals surface area contributed by atoms with Crippen LogP contribution in [0.3, 0.4) is 0 Å². The first-order valence-corrected chi connectivity index (χ1v) is 9.98. The number of dihydropyridines is 1. The van der Waals surface area contributed by atoms with Gasteiger partial charge in [-0.15, -0.1) is 0 Å². The molecular formula is C24H26FNO. The highest BCUT2D eigenvalue weighted by Gasteiger charge is 2.38. The molecule has 1 fully saturated rings. The summed E-state index contributed by atoms with van der Waals surface area (Å²) in [5.41, 5.74) is 5.60. The van der Waals surface area contributed by atoms with E-state index in [1.807, 2.05) is 12.1 Å². The maximum Gasteiger partial charge on any atom is 0.133 e. The average molecular weight is 363 g/mol. The molecule has 140 valence electrons. The number of hydrogen-bond donors (Lipinski definition) is 0. The highest BCUT2D eigenvalue weighted by molar-refractivity contribution is 6.11. The fraction of sp³-hybridized carbons (Fsp3) is 0.417. The van der Waals surface area contributed by atoms with Crippen LogP contribution in [0, 0.1) is 23.6 Å². The zero-order valence-corrected chi connectivity index (χ0v) is 16.0. The Kier molecular flexibility index (Phi) is 4.94. The molecule has 0 aromatic heterocycles. The quantitative estimate of drug-likeness (QED) is 0.647. The van der Waals surface area contributed by atoms with Crippen molar-refractivity contribution >= 4 is 17.6 Å². The molecule has 0 N–H and O–H groups in total. The second kappa shape index (κ2) is 7.38. The molecule has 0 bridgehead atoms. The second-order valence-corrected chi connectivity index (χ2v) is 8.09. The van der Waals surface area contributed by atoms with Gasteiger partial charge in [0, 0.05) is 5.71 Å². The van der Waals surface area contributed by atoms with Gasteiger partial charge in [-0.1, -0.05) is 44.2 Å². The summed E-state index contributed by atoms with van der Waals surface area (Å²) in [5.74, 6) is 0.145. The van der Waals surface area contributed by atoms with Gasteiger partial charge in [-0.3, -0.25) is 4.99 Å². The molecule has 1 heterocycles. The molecule has 4 rings (SSSR count). The number of carbonyl (C=O) groups is 1. The molecule has 1 aliphatic heterocycles. The fourth-order valence-corrected chi connectivity index (χ4v) is 4.82. The third kappa shape index (κ3) is 3.24. The predicted molar refractivity (Wildman–Crippen MR) is 108 cm³/mol. The van der Waals surface area contributed by atoms with E-state index in [9.17, 15) is 9.18 Å². The van der Waals surface area contributed by atoms with E-state index in [0.29, 0.717) is 5.92 Å². The Bertz CT molecular complexity index is 857. The topological polar surface area (TPSA) is 29.4 Å². The lowest BCUT2D eigenvalue weighted by molar-refractivity contribution is -0.108. The lowest BCUT2D eigenvalue weighted by Crippen LogP contribution is -2.33. The molecule has 1 saturated carbocycles. The monoisotopic (exact) mass is 363 g/mol. The molecule has 3 unspecified atom stereocenters. The van der Waals surface area contributed by atoms with Crippen LogP contribution in [0.4, 0.5) is 4.39 Å². The molecular weight excluding hydrogens is 337 g/mol. The Morgan fingerprint density at radius 2 is 2.00 bits per heavy atom. The molecule has 1 aromatic carbocycles. The number of rotatable bonds is 3. The van der Waals surface area contributed by atoms with Gasteiger partial charge in [-0.25, -0.2) is 4.39 Å². The highest BCUT2D eigenvalue weighted by atomic mass is 19.1. The molecule has 1 aromatic rings. The van der Waals surface area contributed by atoms with Crippen molar-refractivity contribution in [2.75, 3.05) is 0 Å². The lowest BCUT2D eigenvalue weighted by Gasteiger charge is -2.34. The van der Waals surface area contributed by atoms with Crippen LogP contribution in [0.25, 0.3) is 5.57 Å². The van der Waals surface area contributed by atoms with Gasteiger partial charge in [0.25, 0.3) is 0 Å². The number of allylic oxidation sites excluding steroid dienone is 4. The normalized spacial score (nSPS) is 27.5. The van der Waals surface area contributed by atoms with Crippen LogP contribution in [0.1, 0.15) is 45.1 Å². The molecule has 2 nitrogen and oxygen atoms in total. The van der Waals surface area contributed by atoms with Crippen molar-refractivity contribution in [2.45, 2.75) is 45.6 Å². The third-order valence-corrected chi connectivity index (χ3v) is 6.10. The Hall–Kier alpha value is -2.29. The first-order chi connectivity index (χ1) is 13.1. The zero-order valence-electron chi connectivity index (χ0n) is 16.0. The van der Waals surface area contributed by atoms with E-state index >= 15 is 0 Å². The lowest BCUT2D eigenvalue weighted by atomic mass is 9.75. The number of halogens is 1. The number of aldehydes is 1. The van der Waals surface area contributed by atoms with E-state index in [1.54, 1.807) is 0 Å². The Morgan fingerprint density at radius 3 is 2.70 bits per heavy atom. The highest BCUT2D eigenvalue weighted by Crippen LogP contribution is 2.45. The minimum atomic E-state index is -0.335. The van der Waals surface area contributed by atoms with Crippen LogP contribution in [0.2, 0.25) is 0 Å². The summed E-state index contributed by atoms with van der Waals surface area (Å²) >= 11 is 0. The Balaban J connectivity index is 1.93. The fourth-order valence-electron chi connectivity index (χ4n) is 4.82. The van der Waals surface area contributed by atoms with Crippen molar-refractivity contribution in [3.63, 3.8) is 0 Å². The summed E-state index contributed by atoms with van der Waals surface area (Å²) in [6.07, 6.45) is 11.9. The van der Waals surface area contributed by atoms with Gasteiger partial charge in [0.15, 0.2) is 0 Å². The molecule has 3 atom stereocenters. The summed E-state index contributed by atoms with van der Waals surface area (Å²) < 4.78 is 13.5. The minimum Gasteiger partial charge on any atom is -0.302 e. The van der Waals surface area contributed by atoms with E-state index in [2.05, 4.69) is 32.1 Å². The number of nitrogens with zero attached hydrogens (tertiary/aromatic N) is 1. The van der Waals surface area contributed by atoms with Gasteiger partial charge in [0.1, 0.15) is 12.1 Å². The third-order valence-electron chi connectivity index (χ3n) is 6.10. The van der Waals surface area contributed by atoms with E-state index in [4.69, 9.17) is 4.99 Å². The van der Waals surface area contributed by atoms with Gasteiger partial charge in [0.05, 0.1) is 12.0 Å². The number of hydrogen-bond acceptors (Lipinski definition) is 2. The van der Waals surface area contributed by atoms with Gasteiger partial charge in [-0.2, -0.15) is 0 Å². The largest absolute Gasteiger partial charge is 0.302 e. The first-order valence-electron chi connectivity index (χ1n) is 9.98. The van der Waals surface area contributed by atoms with Crippen LogP contribution in [0.5, 0.6) is 0 Å². The Morgan fingerprint density at radius 1 is 1.22 bits per heavy atom. The van der Waals surface area contributed by atoms with Crippen molar-refractivity contribution in [2.24, 2.45) is 22.7 Å². The molecule has 0 radical (unpaired) electrons. The van der Waals surface area contributed by atoms with Crippen molar-refractivity contribution < 1.29 is 9.18 Å². The predicted octanol–water partition coefficient (Wildman–Crippen LogP) is 5.56. The Labute approximate surface area is 160 Å². The van der Waals surface area contributed by atoms with Gasteiger partial charge < -0.3 is 4.79 Å². The van der Waals surface area contributed by atoms with Gasteiger partial charge in [-0.05, 0) is 71.9 Å². The number of aliphatic imine (C=N–C) groups is 1. The van der Waals surface area contributed by atoms with Crippen molar-refractivity contribution in [1.29, 1.82) is 0 Å². The smallest absolute Gasteiger partial charge is 0.133 e. The summed E-state index contributed by atoms with van der Waals surface area (Å²) in [4.78, 5) is 17.3. The summed E-state index contributed by atoms with van der Waals surface area (Å²) in [7, 11) is 0. The van der Waals surface area contributed by atoms with Crippen molar-refractivity contribution in [3.05, 3.63) is 65.0 Å². The SMILES string of the molecule is CC(C)C1=NC2C3=CC=CCC3CCCC2=C(c2ccc(F)cc2)C1C=O. The second-order valence-electron chi connectivity index (χ2n) is 8.09. The van der Waals surface area contributed by atoms with Crippen molar-refractivity contribution in [3.8, 4) is 0 Å². The van der Waals surface area contributed by atoms with Crippen molar-refractivity contribution in [1.82, 2.24) is 0 Å². The van der Waals surface area contributed by atoms with Crippen LogP contribution in [0.15, 0.2) is 58.6 Å². The standard InChI is InChI=1S/C24H26FNO/c1-15(2)23-21(14-27)22(17-10-12-18(25)13-11-17)20-9-5-7-16-6-3-4-8-19(16)24(20)26-23/h3-4,8,10-16,21,24H,5-7,9H2,1-2H3. The maximum atomic E-state index is 13.5. The minimum absolute atomic E-state index is 0.0242. The first kappa shape index (κ1) is 18.1. The van der Waals surface area contributed by atoms with Crippen LogP contribution >= 0.6 is 0 Å². The van der Waals surface area contributed by atoms with Gasteiger partial charge >= 0.3 is 0 Å². The zero-order chi connectivity index (χ0) is 19.0. The summed E-state index contributed by atoms with van der Waals surface area (Å²) in [6, 6.07) is 6.62. The number of fused-ring (bicyclic) bond motifs is 3. The van der Waals surface area contributed by atoms with E-state index in [-0.39, 0.29) is 23.7 Å². The molecule has 0 spiro atoms. The van der Waals surface area contributed by atoms with E-state index in [0.717, 1.165) is 48.8 Å². The van der Waals surface area contributed by atoms with Gasteiger partial charge in [0.2, 0.25) is 0 Å². The summed E-state index contributed by atoms with van der Waals surface area (Å²) in [5, 5.41) is 0. The molecule has 0 amide bonds. The van der Waals surface area contributed by atoms with Crippen LogP contribution in [-0.4, -0.2) is 18.0 Å². The molecule has 27 heavy (non-hydrogen) atoms. The summed E-state index contributed by atoms with van der Waals surface area (Å²) in [6.45, 7) is 4.21. The average Bonchev–Trinajstić information content (AvgIpc) is 2.86. The maximum absolute atomic E-state index is 13.5. The molecule has 3 aliphatic rings. The number of benzene rings is 1. The van der Waals surface area contributed by atoms with Crippen LogP contribution in [-0.2, 0) is 4.79 Å².